The Balaban J connectivity index is 1.63. The lowest BCUT2D eigenvalue weighted by atomic mass is 10.1. The maximum atomic E-state index is 13.2. The summed E-state index contributed by atoms with van der Waals surface area (Å²) in [7, 11) is -3.89. The highest BCUT2D eigenvalue weighted by molar-refractivity contribution is 7.90. The Morgan fingerprint density at radius 3 is 2.50 bits per heavy atom. The number of hydrogen-bond acceptors (Lipinski definition) is 6. The number of nitrogens with zero attached hydrogens (tertiary/aromatic N) is 3. The molecule has 0 bridgehead atoms. The number of carbonyl (C=O) groups excluding carboxylic acids is 1. The summed E-state index contributed by atoms with van der Waals surface area (Å²) in [6.07, 6.45) is -1.62. The van der Waals surface area contributed by atoms with Gasteiger partial charge in [-0.3, -0.25) is 4.79 Å². The number of fused-ring (bicyclic) bond motifs is 1. The Bertz CT molecular complexity index is 1520. The second-order valence-corrected chi connectivity index (χ2v) is 9.95. The van der Waals surface area contributed by atoms with Crippen LogP contribution in [0, 0.1) is 6.92 Å². The molecule has 36 heavy (non-hydrogen) atoms. The van der Waals surface area contributed by atoms with Gasteiger partial charge in [-0.05, 0) is 50.2 Å². The van der Waals surface area contributed by atoms with E-state index in [4.69, 9.17) is 0 Å². The van der Waals surface area contributed by atoms with Crippen LogP contribution in [0.2, 0.25) is 0 Å². The molecule has 0 fully saturated rings. The second-order valence-electron chi connectivity index (χ2n) is 8.13. The number of pyridine rings is 2. The first kappa shape index (κ1) is 25.2. The summed E-state index contributed by atoms with van der Waals surface area (Å²) in [4.78, 5) is 20.8. The van der Waals surface area contributed by atoms with Gasteiger partial charge in [-0.25, -0.2) is 22.4 Å². The molecule has 188 valence electrons. The molecule has 8 nitrogen and oxygen atoms in total. The summed E-state index contributed by atoms with van der Waals surface area (Å²) in [5, 5.41) is 5.14. The Labute approximate surface area is 205 Å². The van der Waals surface area contributed by atoms with Crippen molar-refractivity contribution in [2.45, 2.75) is 31.0 Å². The summed E-state index contributed by atoms with van der Waals surface area (Å²) in [5.41, 5.74) is 2.20. The fourth-order valence-electron chi connectivity index (χ4n) is 3.55. The molecule has 12 heteroatoms. The molecular formula is C24H22F3N5O3S. The maximum Gasteiger partial charge on any atom is 0.405 e. The van der Waals surface area contributed by atoms with Crippen molar-refractivity contribution < 1.29 is 26.4 Å². The van der Waals surface area contributed by atoms with Crippen molar-refractivity contribution in [1.29, 1.82) is 0 Å². The van der Waals surface area contributed by atoms with Crippen LogP contribution in [0.5, 0.6) is 0 Å². The fourth-order valence-corrected chi connectivity index (χ4v) is 4.85. The van der Waals surface area contributed by atoms with Crippen LogP contribution < -0.4 is 10.6 Å². The van der Waals surface area contributed by atoms with Gasteiger partial charge < -0.3 is 10.6 Å². The van der Waals surface area contributed by atoms with Crippen LogP contribution >= 0.6 is 0 Å². The van der Waals surface area contributed by atoms with E-state index < -0.39 is 34.7 Å². The third kappa shape index (κ3) is 5.33. The summed E-state index contributed by atoms with van der Waals surface area (Å²) in [5.74, 6) is -0.567. The number of hydrogen-bond donors (Lipinski definition) is 2. The number of anilines is 1. The summed E-state index contributed by atoms with van der Waals surface area (Å²) in [6.45, 7) is 1.85. The second kappa shape index (κ2) is 9.61. The topological polar surface area (TPSA) is 106 Å². The summed E-state index contributed by atoms with van der Waals surface area (Å²) in [6, 6.07) is 13.7. The van der Waals surface area contributed by atoms with Crippen molar-refractivity contribution in [3.05, 3.63) is 72.6 Å². The molecular weight excluding hydrogens is 495 g/mol. The molecule has 4 aromatic rings. The van der Waals surface area contributed by atoms with Crippen LogP contribution in [0.3, 0.4) is 0 Å². The van der Waals surface area contributed by atoms with Gasteiger partial charge in [-0.2, -0.15) is 13.2 Å². The smallest absolute Gasteiger partial charge is 0.359 e. The molecule has 1 atom stereocenters. The molecule has 0 aliphatic rings. The Morgan fingerprint density at radius 2 is 1.81 bits per heavy atom. The first-order chi connectivity index (χ1) is 17.0. The molecule has 1 amide bonds. The number of amides is 1. The van der Waals surface area contributed by atoms with E-state index in [1.807, 2.05) is 12.2 Å². The van der Waals surface area contributed by atoms with E-state index in [9.17, 15) is 26.4 Å². The van der Waals surface area contributed by atoms with E-state index in [0.717, 1.165) is 9.54 Å². The van der Waals surface area contributed by atoms with E-state index in [1.54, 1.807) is 42.5 Å². The maximum absolute atomic E-state index is 13.2. The molecule has 0 radical (unpaired) electrons. The zero-order chi connectivity index (χ0) is 26.1. The molecule has 0 unspecified atom stereocenters. The van der Waals surface area contributed by atoms with E-state index in [1.165, 1.54) is 31.5 Å². The fraction of sp³-hybridized carbons (Fsp3) is 0.208. The predicted octanol–water partition coefficient (Wildman–Crippen LogP) is 4.12. The number of aromatic nitrogens is 3. The standard InChI is InChI=1S/C24H22F3N5O3S/c1-15-6-8-17(9-7-15)36(34,35)32-13-11-19-18(10-12-28-22(19)32)20-4-3-5-21(31-20)30-16(2)23(33)29-14-24(25,26)27/h3-13,16H,14H2,1-2H3,(H,29,33)(H,30,31)/t16-/m0/s1. The molecule has 0 aliphatic heterocycles. The monoisotopic (exact) mass is 517 g/mol. The minimum atomic E-state index is -4.51. The van der Waals surface area contributed by atoms with E-state index in [-0.39, 0.29) is 16.4 Å². The van der Waals surface area contributed by atoms with Gasteiger partial charge in [-0.1, -0.05) is 23.8 Å². The lowest BCUT2D eigenvalue weighted by Gasteiger charge is -2.16. The Kier molecular flexibility index (Phi) is 6.72. The normalized spacial score (nSPS) is 12.9. The van der Waals surface area contributed by atoms with Gasteiger partial charge in [0.05, 0.1) is 10.6 Å². The molecule has 0 saturated carbocycles. The van der Waals surface area contributed by atoms with E-state index in [2.05, 4.69) is 15.3 Å². The molecule has 0 spiro atoms. The van der Waals surface area contributed by atoms with Crippen molar-refractivity contribution in [3.8, 4) is 11.3 Å². The van der Waals surface area contributed by atoms with Crippen molar-refractivity contribution in [1.82, 2.24) is 19.3 Å². The highest BCUT2D eigenvalue weighted by Crippen LogP contribution is 2.30. The molecule has 0 saturated heterocycles. The molecule has 3 aromatic heterocycles. The zero-order valence-corrected chi connectivity index (χ0v) is 20.1. The average molecular weight is 518 g/mol. The van der Waals surface area contributed by atoms with Gasteiger partial charge in [0.15, 0.2) is 5.65 Å². The number of aryl methyl sites for hydroxylation is 1. The van der Waals surface area contributed by atoms with Gasteiger partial charge in [0.2, 0.25) is 5.91 Å². The van der Waals surface area contributed by atoms with Gasteiger partial charge in [-0.15, -0.1) is 0 Å². The molecule has 0 aliphatic carbocycles. The number of rotatable bonds is 7. The predicted molar refractivity (Wildman–Crippen MR) is 129 cm³/mol. The Hall–Kier alpha value is -3.93. The van der Waals surface area contributed by atoms with Crippen LogP contribution in [0.25, 0.3) is 22.3 Å². The van der Waals surface area contributed by atoms with E-state index >= 15 is 0 Å². The van der Waals surface area contributed by atoms with Crippen molar-refractivity contribution in [2.24, 2.45) is 0 Å². The highest BCUT2D eigenvalue weighted by Gasteiger charge is 2.29. The largest absolute Gasteiger partial charge is 0.405 e. The lowest BCUT2D eigenvalue weighted by Crippen LogP contribution is -2.42. The number of benzene rings is 1. The number of carbonyl (C=O) groups is 1. The summed E-state index contributed by atoms with van der Waals surface area (Å²) >= 11 is 0. The molecule has 3 heterocycles. The summed E-state index contributed by atoms with van der Waals surface area (Å²) < 4.78 is 64.6. The van der Waals surface area contributed by atoms with Crippen LogP contribution in [-0.4, -0.2) is 47.0 Å². The van der Waals surface area contributed by atoms with Crippen molar-refractivity contribution >= 4 is 32.8 Å². The highest BCUT2D eigenvalue weighted by atomic mass is 32.2. The van der Waals surface area contributed by atoms with Gasteiger partial charge in [0.1, 0.15) is 18.4 Å². The van der Waals surface area contributed by atoms with Crippen LogP contribution in [0.4, 0.5) is 19.0 Å². The first-order valence-electron chi connectivity index (χ1n) is 10.8. The minimum absolute atomic E-state index is 0.125. The van der Waals surface area contributed by atoms with Gasteiger partial charge in [0.25, 0.3) is 10.0 Å². The average Bonchev–Trinajstić information content (AvgIpc) is 3.28. The van der Waals surface area contributed by atoms with Crippen LogP contribution in [0.1, 0.15) is 12.5 Å². The molecule has 4 rings (SSSR count). The third-order valence-corrected chi connectivity index (χ3v) is 7.06. The Morgan fingerprint density at radius 1 is 1.08 bits per heavy atom. The number of halogens is 3. The molecule has 2 N–H and O–H groups in total. The van der Waals surface area contributed by atoms with E-state index in [0.29, 0.717) is 16.6 Å². The lowest BCUT2D eigenvalue weighted by molar-refractivity contribution is -0.138. The van der Waals surface area contributed by atoms with Crippen LogP contribution in [0.15, 0.2) is 71.9 Å². The quantitative estimate of drug-likeness (QED) is 0.382. The third-order valence-electron chi connectivity index (χ3n) is 5.38. The first-order valence-corrected chi connectivity index (χ1v) is 12.3. The molecule has 1 aromatic carbocycles. The van der Waals surface area contributed by atoms with Crippen molar-refractivity contribution in [2.75, 3.05) is 11.9 Å². The van der Waals surface area contributed by atoms with Crippen LogP contribution in [-0.2, 0) is 14.8 Å². The number of alkyl halides is 3. The van der Waals surface area contributed by atoms with Gasteiger partial charge >= 0.3 is 6.18 Å². The zero-order valence-electron chi connectivity index (χ0n) is 19.2. The number of nitrogens with one attached hydrogen (secondary N) is 2. The van der Waals surface area contributed by atoms with Gasteiger partial charge in [0, 0.05) is 23.3 Å². The van der Waals surface area contributed by atoms with Crippen molar-refractivity contribution in [3.63, 3.8) is 0 Å². The minimum Gasteiger partial charge on any atom is -0.359 e. The SMILES string of the molecule is Cc1ccc(S(=O)(=O)n2ccc3c(-c4cccc(N[C@@H](C)C(=O)NCC(F)(F)F)n4)ccnc32)cc1.